The summed E-state index contributed by atoms with van der Waals surface area (Å²) in [5, 5.41) is 6.61. The van der Waals surface area contributed by atoms with Gasteiger partial charge in [-0.25, -0.2) is 4.79 Å². The molecule has 116 valence electrons. The smallest absolute Gasteiger partial charge is 0.338 e. The Bertz CT molecular complexity index is 624. The van der Waals surface area contributed by atoms with E-state index in [1.807, 2.05) is 37.4 Å². The fourth-order valence-corrected chi connectivity index (χ4v) is 2.90. The largest absolute Gasteiger partial charge is 0.458 e. The summed E-state index contributed by atoms with van der Waals surface area (Å²) in [5.74, 6) is -0.376. The second-order valence-corrected chi connectivity index (χ2v) is 6.02. The van der Waals surface area contributed by atoms with Crippen LogP contribution in [0, 0.1) is 0 Å². The van der Waals surface area contributed by atoms with E-state index in [9.17, 15) is 4.79 Å². The van der Waals surface area contributed by atoms with Gasteiger partial charge in [-0.05, 0) is 43.1 Å². The molecular formula is C16H18N2O2S2. The quantitative estimate of drug-likeness (QED) is 0.374. The lowest BCUT2D eigenvalue weighted by molar-refractivity contribution is -0.138. The van der Waals surface area contributed by atoms with Crippen LogP contribution in [0.1, 0.15) is 18.5 Å². The van der Waals surface area contributed by atoms with E-state index in [2.05, 4.69) is 17.2 Å². The molecule has 1 aliphatic heterocycles. The normalized spacial score (nSPS) is 17.5. The van der Waals surface area contributed by atoms with Gasteiger partial charge in [0, 0.05) is 10.6 Å². The first-order chi connectivity index (χ1) is 10.6. The molecule has 0 radical (unpaired) electrons. The van der Waals surface area contributed by atoms with Crippen molar-refractivity contribution in [3.05, 3.63) is 53.8 Å². The van der Waals surface area contributed by atoms with Gasteiger partial charge in [0.2, 0.25) is 0 Å². The van der Waals surface area contributed by atoms with Crippen molar-refractivity contribution >= 4 is 35.1 Å². The summed E-state index contributed by atoms with van der Waals surface area (Å²) in [6, 6.07) is 7.71. The molecule has 0 unspecified atom stereocenters. The molecule has 6 heteroatoms. The van der Waals surface area contributed by atoms with Gasteiger partial charge in [0.1, 0.15) is 6.61 Å². The number of nitrogens with one attached hydrogen (secondary N) is 2. The van der Waals surface area contributed by atoms with Crippen molar-refractivity contribution in [2.24, 2.45) is 0 Å². The Labute approximate surface area is 140 Å². The highest BCUT2D eigenvalue weighted by Crippen LogP contribution is 2.28. The lowest BCUT2D eigenvalue weighted by Crippen LogP contribution is -2.45. The summed E-state index contributed by atoms with van der Waals surface area (Å²) in [4.78, 5) is 13.5. The van der Waals surface area contributed by atoms with Gasteiger partial charge in [-0.3, -0.25) is 0 Å². The minimum absolute atomic E-state index is 0.179. The summed E-state index contributed by atoms with van der Waals surface area (Å²) < 4.78 is 5.19. The third-order valence-corrected chi connectivity index (χ3v) is 4.23. The Morgan fingerprint density at radius 1 is 1.45 bits per heavy atom. The molecule has 0 aromatic heterocycles. The van der Waals surface area contributed by atoms with Gasteiger partial charge in [0.15, 0.2) is 5.11 Å². The topological polar surface area (TPSA) is 50.4 Å². The molecule has 1 aromatic rings. The van der Waals surface area contributed by atoms with E-state index < -0.39 is 0 Å². The Balaban J connectivity index is 2.36. The zero-order valence-electron chi connectivity index (χ0n) is 12.5. The zero-order chi connectivity index (χ0) is 16.1. The van der Waals surface area contributed by atoms with Crippen LogP contribution in [-0.2, 0) is 9.53 Å². The van der Waals surface area contributed by atoms with Gasteiger partial charge in [-0.2, -0.15) is 0 Å². The number of allylic oxidation sites excluding steroid dienone is 1. The van der Waals surface area contributed by atoms with Crippen molar-refractivity contribution in [2.45, 2.75) is 17.9 Å². The molecule has 2 rings (SSSR count). The van der Waals surface area contributed by atoms with Crippen molar-refractivity contribution in [1.29, 1.82) is 0 Å². The molecule has 1 aliphatic rings. The number of hydrogen-bond acceptors (Lipinski definition) is 4. The maximum Gasteiger partial charge on any atom is 0.338 e. The number of esters is 1. The van der Waals surface area contributed by atoms with Crippen molar-refractivity contribution in [3.8, 4) is 0 Å². The maximum absolute atomic E-state index is 12.3. The third kappa shape index (κ3) is 3.69. The van der Waals surface area contributed by atoms with E-state index in [0.29, 0.717) is 16.4 Å². The summed E-state index contributed by atoms with van der Waals surface area (Å²) in [6.45, 7) is 5.56. The molecule has 22 heavy (non-hydrogen) atoms. The predicted octanol–water partition coefficient (Wildman–Crippen LogP) is 2.93. The van der Waals surface area contributed by atoms with Crippen molar-refractivity contribution in [2.75, 3.05) is 12.9 Å². The predicted molar refractivity (Wildman–Crippen MR) is 93.7 cm³/mol. The van der Waals surface area contributed by atoms with Crippen LogP contribution in [0.2, 0.25) is 0 Å². The van der Waals surface area contributed by atoms with Crippen LogP contribution in [0.25, 0.3) is 0 Å². The number of thioether (sulfide) groups is 1. The summed E-state index contributed by atoms with van der Waals surface area (Å²) >= 11 is 6.88. The molecule has 1 atom stereocenters. The first kappa shape index (κ1) is 16.6. The zero-order valence-corrected chi connectivity index (χ0v) is 14.1. The highest BCUT2D eigenvalue weighted by atomic mass is 32.2. The van der Waals surface area contributed by atoms with Gasteiger partial charge in [0.25, 0.3) is 0 Å². The molecular weight excluding hydrogens is 316 g/mol. The van der Waals surface area contributed by atoms with Gasteiger partial charge in [-0.15, -0.1) is 11.8 Å². The number of hydrogen-bond donors (Lipinski definition) is 2. The highest BCUT2D eigenvalue weighted by molar-refractivity contribution is 7.98. The van der Waals surface area contributed by atoms with Crippen molar-refractivity contribution in [3.63, 3.8) is 0 Å². The fraction of sp³-hybridized carbons (Fsp3) is 0.250. The van der Waals surface area contributed by atoms with Gasteiger partial charge in [0.05, 0.1) is 11.6 Å². The van der Waals surface area contributed by atoms with Gasteiger partial charge in [-0.1, -0.05) is 24.8 Å². The SMILES string of the molecule is C=CCOC(=O)C1=C(C)NC(=S)N[C@@H]1c1ccc(SC)cc1. The van der Waals surface area contributed by atoms with Crippen LogP contribution in [-0.4, -0.2) is 23.9 Å². The molecule has 4 nitrogen and oxygen atoms in total. The molecule has 0 aliphatic carbocycles. The van der Waals surface area contributed by atoms with Crippen LogP contribution >= 0.6 is 24.0 Å². The summed E-state index contributed by atoms with van der Waals surface area (Å²) in [5.41, 5.74) is 2.20. The van der Waals surface area contributed by atoms with E-state index >= 15 is 0 Å². The van der Waals surface area contributed by atoms with Gasteiger partial charge >= 0.3 is 5.97 Å². The maximum atomic E-state index is 12.3. The van der Waals surface area contributed by atoms with E-state index in [1.54, 1.807) is 17.8 Å². The van der Waals surface area contributed by atoms with Crippen molar-refractivity contribution < 1.29 is 9.53 Å². The first-order valence-corrected chi connectivity index (χ1v) is 8.40. The van der Waals surface area contributed by atoms with E-state index in [-0.39, 0.29) is 18.6 Å². The van der Waals surface area contributed by atoms with Crippen LogP contribution in [0.3, 0.4) is 0 Å². The summed E-state index contributed by atoms with van der Waals surface area (Å²) in [7, 11) is 0. The lowest BCUT2D eigenvalue weighted by atomic mass is 9.96. The second kappa shape index (κ2) is 7.47. The summed E-state index contributed by atoms with van der Waals surface area (Å²) in [6.07, 6.45) is 3.57. The number of carbonyl (C=O) groups is 1. The monoisotopic (exact) mass is 334 g/mol. The van der Waals surface area contributed by atoms with Gasteiger partial charge < -0.3 is 15.4 Å². The number of carbonyl (C=O) groups excluding carboxylic acids is 1. The molecule has 0 amide bonds. The Hall–Kier alpha value is -1.79. The van der Waals surface area contributed by atoms with Crippen molar-refractivity contribution in [1.82, 2.24) is 10.6 Å². The van der Waals surface area contributed by atoms with E-state index in [4.69, 9.17) is 17.0 Å². The molecule has 0 bridgehead atoms. The van der Waals surface area contributed by atoms with Crippen LogP contribution in [0.15, 0.2) is 53.1 Å². The Morgan fingerprint density at radius 3 is 2.73 bits per heavy atom. The number of rotatable bonds is 5. The Morgan fingerprint density at radius 2 is 2.14 bits per heavy atom. The molecule has 0 saturated carbocycles. The molecule has 0 saturated heterocycles. The fourth-order valence-electron chi connectivity index (χ4n) is 2.22. The van der Waals surface area contributed by atoms with Crippen LogP contribution < -0.4 is 10.6 Å². The molecule has 0 fully saturated rings. The lowest BCUT2D eigenvalue weighted by Gasteiger charge is -2.29. The third-order valence-electron chi connectivity index (χ3n) is 3.27. The number of thiocarbonyl (C=S) groups is 1. The van der Waals surface area contributed by atoms with Crippen LogP contribution in [0.5, 0.6) is 0 Å². The van der Waals surface area contributed by atoms with E-state index in [1.165, 1.54) is 0 Å². The number of benzene rings is 1. The second-order valence-electron chi connectivity index (χ2n) is 4.73. The molecule has 2 N–H and O–H groups in total. The Kier molecular flexibility index (Phi) is 5.63. The average molecular weight is 334 g/mol. The minimum Gasteiger partial charge on any atom is -0.458 e. The van der Waals surface area contributed by atoms with Crippen LogP contribution in [0.4, 0.5) is 0 Å². The highest BCUT2D eigenvalue weighted by Gasteiger charge is 2.30. The average Bonchev–Trinajstić information content (AvgIpc) is 2.52. The number of ether oxygens (including phenoxy) is 1. The minimum atomic E-state index is -0.376. The standard InChI is InChI=1S/C16H18N2O2S2/c1-4-9-20-15(19)13-10(2)17-16(21)18-14(13)11-5-7-12(22-3)8-6-11/h4-8,14H,1,9H2,2-3H3,(H2,17,18,21)/t14-/m1/s1. The first-order valence-electron chi connectivity index (χ1n) is 6.77. The molecule has 0 spiro atoms. The van der Waals surface area contributed by atoms with E-state index in [0.717, 1.165) is 10.5 Å². The molecule has 1 aromatic carbocycles. The molecule has 1 heterocycles.